The van der Waals surface area contributed by atoms with E-state index in [1.165, 1.54) is 16.8 Å². The summed E-state index contributed by atoms with van der Waals surface area (Å²) in [4.78, 5) is 0. The molecule has 2 aromatic rings. The van der Waals surface area contributed by atoms with Gasteiger partial charge in [-0.25, -0.2) is 9.07 Å². The maximum Gasteiger partial charge on any atom is 0.126 e. The predicted molar refractivity (Wildman–Crippen MR) is 69.9 cm³/mol. The van der Waals surface area contributed by atoms with Crippen molar-refractivity contribution in [1.82, 2.24) is 20.3 Å². The van der Waals surface area contributed by atoms with Gasteiger partial charge in [0.2, 0.25) is 0 Å². The Morgan fingerprint density at radius 3 is 3.00 bits per heavy atom. The number of hydrogen-bond donors (Lipinski definition) is 1. The van der Waals surface area contributed by atoms with Gasteiger partial charge in [-0.2, -0.15) is 0 Å². The van der Waals surface area contributed by atoms with E-state index in [9.17, 15) is 4.39 Å². The Hall–Kier alpha value is -1.50. The normalized spacial score (nSPS) is 10.9. The zero-order valence-electron chi connectivity index (χ0n) is 10.4. The molecular weight excluding hydrogens is 271 g/mol. The minimum Gasteiger partial charge on any atom is -0.383 e. The van der Waals surface area contributed by atoms with Gasteiger partial charge < -0.3 is 10.1 Å². The number of halogens is 2. The van der Waals surface area contributed by atoms with E-state index < -0.39 is 5.82 Å². The van der Waals surface area contributed by atoms with E-state index in [0.717, 1.165) is 12.2 Å². The predicted octanol–water partition coefficient (Wildman–Crippen LogP) is 1.80. The molecule has 1 N–H and O–H groups in total. The highest BCUT2D eigenvalue weighted by Crippen LogP contribution is 2.16. The van der Waals surface area contributed by atoms with Gasteiger partial charge in [0.1, 0.15) is 5.82 Å². The molecule has 0 amide bonds. The van der Waals surface area contributed by atoms with E-state index in [1.807, 2.05) is 0 Å². The Morgan fingerprint density at radius 1 is 1.42 bits per heavy atom. The summed E-state index contributed by atoms with van der Waals surface area (Å²) in [6.45, 7) is 1.94. The molecule has 5 nitrogen and oxygen atoms in total. The first-order chi connectivity index (χ1) is 9.19. The van der Waals surface area contributed by atoms with Gasteiger partial charge in [0.15, 0.2) is 0 Å². The first-order valence-electron chi connectivity index (χ1n) is 5.76. The average molecular weight is 285 g/mol. The highest BCUT2D eigenvalue weighted by molar-refractivity contribution is 6.30. The quantitative estimate of drug-likeness (QED) is 0.822. The van der Waals surface area contributed by atoms with Crippen LogP contribution in [0, 0.1) is 5.82 Å². The lowest BCUT2D eigenvalue weighted by Crippen LogP contribution is -2.18. The summed E-state index contributed by atoms with van der Waals surface area (Å²) in [5.41, 5.74) is 1.30. The number of benzene rings is 1. The summed E-state index contributed by atoms with van der Waals surface area (Å²) in [6, 6.07) is 4.22. The molecule has 0 aliphatic rings. The number of aromatic nitrogens is 3. The third-order valence-corrected chi connectivity index (χ3v) is 2.66. The summed E-state index contributed by atoms with van der Waals surface area (Å²) in [7, 11) is 1.64. The fourth-order valence-corrected chi connectivity index (χ4v) is 1.78. The number of methoxy groups -OCH3 is 1. The summed E-state index contributed by atoms with van der Waals surface area (Å²) < 4.78 is 19.6. The van der Waals surface area contributed by atoms with Crippen molar-refractivity contribution in [3.05, 3.63) is 40.9 Å². The molecule has 0 aliphatic carbocycles. The smallest absolute Gasteiger partial charge is 0.126 e. The summed E-state index contributed by atoms with van der Waals surface area (Å²) in [6.07, 6.45) is 1.73. The lowest BCUT2D eigenvalue weighted by atomic mass is 10.3. The van der Waals surface area contributed by atoms with Crippen molar-refractivity contribution in [2.45, 2.75) is 6.54 Å². The molecule has 0 unspecified atom stereocenters. The molecule has 0 radical (unpaired) electrons. The zero-order valence-corrected chi connectivity index (χ0v) is 11.2. The maximum atomic E-state index is 13.2. The van der Waals surface area contributed by atoms with E-state index in [-0.39, 0.29) is 0 Å². The Bertz CT molecular complexity index is 526. The van der Waals surface area contributed by atoms with Gasteiger partial charge in [0, 0.05) is 25.2 Å². The lowest BCUT2D eigenvalue weighted by Gasteiger charge is -2.01. The number of nitrogens with zero attached hydrogens (tertiary/aromatic N) is 3. The molecule has 0 saturated carbocycles. The van der Waals surface area contributed by atoms with Crippen LogP contribution in [-0.4, -0.2) is 35.3 Å². The number of rotatable bonds is 6. The SMILES string of the molecule is COCCNCc1cn(-c2cc(F)cc(Cl)c2)nn1. The first kappa shape index (κ1) is 13.9. The highest BCUT2D eigenvalue weighted by atomic mass is 35.5. The lowest BCUT2D eigenvalue weighted by molar-refractivity contribution is 0.199. The molecule has 0 fully saturated rings. The van der Waals surface area contributed by atoms with Gasteiger partial charge in [0.05, 0.1) is 24.2 Å². The molecule has 0 saturated heterocycles. The molecule has 0 atom stereocenters. The number of nitrogens with one attached hydrogen (secondary N) is 1. The second-order valence-corrected chi connectivity index (χ2v) is 4.39. The third-order valence-electron chi connectivity index (χ3n) is 2.44. The summed E-state index contributed by atoms with van der Waals surface area (Å²) in [5.74, 6) is -0.405. The second-order valence-electron chi connectivity index (χ2n) is 3.95. The molecule has 1 aromatic heterocycles. The number of hydrogen-bond acceptors (Lipinski definition) is 4. The van der Waals surface area contributed by atoms with Crippen LogP contribution < -0.4 is 5.32 Å². The Kier molecular flexibility index (Phi) is 4.84. The molecule has 1 aromatic carbocycles. The Balaban J connectivity index is 2.03. The van der Waals surface area contributed by atoms with Gasteiger partial charge >= 0.3 is 0 Å². The molecule has 102 valence electrons. The van der Waals surface area contributed by atoms with Crippen LogP contribution >= 0.6 is 11.6 Å². The van der Waals surface area contributed by atoms with Gasteiger partial charge in [-0.1, -0.05) is 16.8 Å². The van der Waals surface area contributed by atoms with E-state index in [0.29, 0.717) is 23.9 Å². The van der Waals surface area contributed by atoms with Crippen molar-refractivity contribution >= 4 is 11.6 Å². The van der Waals surface area contributed by atoms with Crippen LogP contribution in [0.25, 0.3) is 5.69 Å². The van der Waals surface area contributed by atoms with Crippen molar-refractivity contribution in [2.75, 3.05) is 20.3 Å². The van der Waals surface area contributed by atoms with Crippen molar-refractivity contribution in [3.8, 4) is 5.69 Å². The minimum atomic E-state index is -0.405. The molecular formula is C12H14ClFN4O. The standard InChI is InChI=1S/C12H14ClFN4O/c1-19-3-2-15-7-11-8-18(17-16-11)12-5-9(13)4-10(14)6-12/h4-6,8,15H,2-3,7H2,1H3. The van der Waals surface area contributed by atoms with Crippen LogP contribution in [0.5, 0.6) is 0 Å². The fraction of sp³-hybridized carbons (Fsp3) is 0.333. The van der Waals surface area contributed by atoms with Crippen LogP contribution in [0.2, 0.25) is 5.02 Å². The van der Waals surface area contributed by atoms with Crippen molar-refractivity contribution in [2.24, 2.45) is 0 Å². The van der Waals surface area contributed by atoms with E-state index in [1.54, 1.807) is 19.4 Å². The molecule has 19 heavy (non-hydrogen) atoms. The van der Waals surface area contributed by atoms with Gasteiger partial charge in [-0.05, 0) is 18.2 Å². The van der Waals surface area contributed by atoms with Gasteiger partial charge in [-0.15, -0.1) is 5.10 Å². The van der Waals surface area contributed by atoms with Gasteiger partial charge in [0.25, 0.3) is 0 Å². The second kappa shape index (κ2) is 6.60. The van der Waals surface area contributed by atoms with Gasteiger partial charge in [-0.3, -0.25) is 0 Å². The largest absolute Gasteiger partial charge is 0.383 e. The topological polar surface area (TPSA) is 52.0 Å². The monoisotopic (exact) mass is 284 g/mol. The Labute approximate surface area is 115 Å². The van der Waals surface area contributed by atoms with Crippen LogP contribution in [0.3, 0.4) is 0 Å². The molecule has 2 rings (SSSR count). The number of ether oxygens (including phenoxy) is 1. The molecule has 1 heterocycles. The average Bonchev–Trinajstić information content (AvgIpc) is 2.82. The highest BCUT2D eigenvalue weighted by Gasteiger charge is 2.05. The summed E-state index contributed by atoms with van der Waals surface area (Å²) >= 11 is 5.80. The summed E-state index contributed by atoms with van der Waals surface area (Å²) in [5, 5.41) is 11.4. The third kappa shape index (κ3) is 3.99. The van der Waals surface area contributed by atoms with Crippen molar-refractivity contribution < 1.29 is 9.13 Å². The first-order valence-corrected chi connectivity index (χ1v) is 6.14. The van der Waals surface area contributed by atoms with Crippen molar-refractivity contribution in [3.63, 3.8) is 0 Å². The van der Waals surface area contributed by atoms with Crippen LogP contribution in [-0.2, 0) is 11.3 Å². The molecule has 0 aliphatic heterocycles. The van der Waals surface area contributed by atoms with Crippen LogP contribution in [0.1, 0.15) is 5.69 Å². The molecule has 0 spiro atoms. The van der Waals surface area contributed by atoms with E-state index in [4.69, 9.17) is 16.3 Å². The fourth-order valence-electron chi connectivity index (χ4n) is 1.57. The van der Waals surface area contributed by atoms with Crippen molar-refractivity contribution in [1.29, 1.82) is 0 Å². The van der Waals surface area contributed by atoms with Crippen LogP contribution in [0.4, 0.5) is 4.39 Å². The van der Waals surface area contributed by atoms with E-state index in [2.05, 4.69) is 15.6 Å². The Morgan fingerprint density at radius 2 is 2.26 bits per heavy atom. The molecule has 7 heteroatoms. The molecule has 0 bridgehead atoms. The van der Waals surface area contributed by atoms with E-state index >= 15 is 0 Å². The minimum absolute atomic E-state index is 0.324. The maximum absolute atomic E-state index is 13.2. The zero-order chi connectivity index (χ0) is 13.7. The van der Waals surface area contributed by atoms with Crippen LogP contribution in [0.15, 0.2) is 24.4 Å².